The molecule has 0 aliphatic rings. The van der Waals surface area contributed by atoms with Gasteiger partial charge in [0.1, 0.15) is 5.75 Å². The van der Waals surface area contributed by atoms with Crippen molar-refractivity contribution in [3.8, 4) is 16.9 Å². The van der Waals surface area contributed by atoms with E-state index < -0.39 is 0 Å². The summed E-state index contributed by atoms with van der Waals surface area (Å²) in [7, 11) is 1.70. The van der Waals surface area contributed by atoms with E-state index >= 15 is 0 Å². The van der Waals surface area contributed by atoms with Crippen molar-refractivity contribution in [3.05, 3.63) is 35.7 Å². The molecule has 0 radical (unpaired) electrons. The number of benzene rings is 1. The normalized spacial score (nSPS) is 10.6. The number of hydrogen-bond donors (Lipinski definition) is 0. The van der Waals surface area contributed by atoms with Gasteiger partial charge in [0.15, 0.2) is 0 Å². The molecule has 0 amide bonds. The minimum Gasteiger partial charge on any atom is -0.496 e. The van der Waals surface area contributed by atoms with Crippen molar-refractivity contribution in [3.63, 3.8) is 0 Å². The molecule has 0 fully saturated rings. The monoisotopic (exact) mass is 230 g/mol. The van der Waals surface area contributed by atoms with Crippen LogP contribution in [0, 0.1) is 13.8 Å². The highest BCUT2D eigenvalue weighted by Crippen LogP contribution is 2.33. The number of para-hydroxylation sites is 1. The van der Waals surface area contributed by atoms with Gasteiger partial charge in [-0.25, -0.2) is 0 Å². The number of aromatic nitrogens is 2. The molecule has 0 atom stereocenters. The fourth-order valence-corrected chi connectivity index (χ4v) is 2.25. The molecule has 1 aromatic carbocycles. The molecule has 0 unspecified atom stereocenters. The van der Waals surface area contributed by atoms with Crippen LogP contribution < -0.4 is 4.74 Å². The van der Waals surface area contributed by atoms with Gasteiger partial charge in [-0.05, 0) is 26.8 Å². The van der Waals surface area contributed by atoms with Gasteiger partial charge in [-0.2, -0.15) is 5.10 Å². The Kier molecular flexibility index (Phi) is 3.18. The maximum absolute atomic E-state index is 5.42. The van der Waals surface area contributed by atoms with E-state index in [0.29, 0.717) is 0 Å². The van der Waals surface area contributed by atoms with Crippen molar-refractivity contribution in [1.29, 1.82) is 0 Å². The SMILES string of the molecule is CCn1nc(C)c(-c2ccccc2OC)c1C. The van der Waals surface area contributed by atoms with Crippen LogP contribution in [0.15, 0.2) is 24.3 Å². The second-order valence-electron chi connectivity index (χ2n) is 4.06. The first kappa shape index (κ1) is 11.7. The van der Waals surface area contributed by atoms with Gasteiger partial charge >= 0.3 is 0 Å². The third-order valence-corrected chi connectivity index (χ3v) is 3.06. The molecule has 17 heavy (non-hydrogen) atoms. The highest BCUT2D eigenvalue weighted by atomic mass is 16.5. The van der Waals surface area contributed by atoms with Crippen molar-refractivity contribution in [2.24, 2.45) is 0 Å². The zero-order chi connectivity index (χ0) is 12.4. The molecule has 1 heterocycles. The average molecular weight is 230 g/mol. The lowest BCUT2D eigenvalue weighted by molar-refractivity contribution is 0.416. The number of rotatable bonds is 3. The Bertz CT molecular complexity index is 529. The second-order valence-corrected chi connectivity index (χ2v) is 4.06. The Morgan fingerprint density at radius 3 is 2.53 bits per heavy atom. The molecule has 1 aromatic heterocycles. The van der Waals surface area contributed by atoms with Gasteiger partial charge in [0.2, 0.25) is 0 Å². The van der Waals surface area contributed by atoms with Crippen molar-refractivity contribution in [2.75, 3.05) is 7.11 Å². The predicted molar refractivity (Wildman–Crippen MR) is 69.4 cm³/mol. The Balaban J connectivity index is 2.64. The summed E-state index contributed by atoms with van der Waals surface area (Å²) in [4.78, 5) is 0. The zero-order valence-corrected chi connectivity index (χ0v) is 10.8. The van der Waals surface area contributed by atoms with E-state index in [9.17, 15) is 0 Å². The summed E-state index contributed by atoms with van der Waals surface area (Å²) < 4.78 is 7.44. The standard InChI is InChI=1S/C14H18N2O/c1-5-16-11(3)14(10(2)15-16)12-8-6-7-9-13(12)17-4/h6-9H,5H2,1-4H3. The van der Waals surface area contributed by atoms with Gasteiger partial charge in [-0.1, -0.05) is 18.2 Å². The topological polar surface area (TPSA) is 27.1 Å². The maximum Gasteiger partial charge on any atom is 0.126 e. The van der Waals surface area contributed by atoms with E-state index in [2.05, 4.69) is 25.0 Å². The van der Waals surface area contributed by atoms with E-state index in [-0.39, 0.29) is 0 Å². The zero-order valence-electron chi connectivity index (χ0n) is 10.8. The quantitative estimate of drug-likeness (QED) is 0.809. The molecule has 2 aromatic rings. The second kappa shape index (κ2) is 4.62. The summed E-state index contributed by atoms with van der Waals surface area (Å²) in [5.74, 6) is 0.898. The first-order valence-corrected chi connectivity index (χ1v) is 5.86. The summed E-state index contributed by atoms with van der Waals surface area (Å²) in [6.07, 6.45) is 0. The van der Waals surface area contributed by atoms with E-state index in [1.54, 1.807) is 7.11 Å². The van der Waals surface area contributed by atoms with Gasteiger partial charge in [-0.3, -0.25) is 4.68 Å². The summed E-state index contributed by atoms with van der Waals surface area (Å²) >= 11 is 0. The Morgan fingerprint density at radius 2 is 1.94 bits per heavy atom. The Hall–Kier alpha value is -1.77. The summed E-state index contributed by atoms with van der Waals surface area (Å²) in [5.41, 5.74) is 4.54. The fraction of sp³-hybridized carbons (Fsp3) is 0.357. The molecule has 0 spiro atoms. The van der Waals surface area contributed by atoms with Crippen molar-refractivity contribution < 1.29 is 4.74 Å². The van der Waals surface area contributed by atoms with Crippen LogP contribution in [0.4, 0.5) is 0 Å². The number of ether oxygens (including phenoxy) is 1. The van der Waals surface area contributed by atoms with E-state index in [1.807, 2.05) is 29.8 Å². The molecule has 90 valence electrons. The van der Waals surface area contributed by atoms with E-state index in [1.165, 1.54) is 11.3 Å². The Labute approximate surface area is 102 Å². The molecule has 0 N–H and O–H groups in total. The lowest BCUT2D eigenvalue weighted by Gasteiger charge is -2.08. The minimum atomic E-state index is 0.891. The lowest BCUT2D eigenvalue weighted by Crippen LogP contribution is -1.98. The van der Waals surface area contributed by atoms with Gasteiger partial charge in [-0.15, -0.1) is 0 Å². The third kappa shape index (κ3) is 1.93. The highest BCUT2D eigenvalue weighted by molar-refractivity contribution is 5.74. The molecule has 0 saturated carbocycles. The fourth-order valence-electron chi connectivity index (χ4n) is 2.25. The number of hydrogen-bond acceptors (Lipinski definition) is 2. The molecule has 2 rings (SSSR count). The van der Waals surface area contributed by atoms with Crippen LogP contribution in [0.2, 0.25) is 0 Å². The first-order chi connectivity index (χ1) is 8.19. The van der Waals surface area contributed by atoms with Crippen LogP contribution >= 0.6 is 0 Å². The van der Waals surface area contributed by atoms with Gasteiger partial charge in [0.25, 0.3) is 0 Å². The number of aryl methyl sites for hydroxylation is 2. The minimum absolute atomic E-state index is 0.891. The summed E-state index contributed by atoms with van der Waals surface area (Å²) in [5, 5.41) is 4.54. The average Bonchev–Trinajstić information content (AvgIpc) is 2.64. The number of nitrogens with zero attached hydrogens (tertiary/aromatic N) is 2. The van der Waals surface area contributed by atoms with Gasteiger partial charge < -0.3 is 4.74 Å². The highest BCUT2D eigenvalue weighted by Gasteiger charge is 2.15. The van der Waals surface area contributed by atoms with E-state index in [0.717, 1.165) is 23.6 Å². The van der Waals surface area contributed by atoms with Crippen LogP contribution in [0.1, 0.15) is 18.3 Å². The van der Waals surface area contributed by atoms with Gasteiger partial charge in [0.05, 0.1) is 12.8 Å². The number of methoxy groups -OCH3 is 1. The lowest BCUT2D eigenvalue weighted by atomic mass is 10.0. The van der Waals surface area contributed by atoms with Crippen LogP contribution in [-0.2, 0) is 6.54 Å². The molecule has 0 aliphatic heterocycles. The predicted octanol–water partition coefficient (Wildman–Crippen LogP) is 3.20. The molecule has 3 heteroatoms. The van der Waals surface area contributed by atoms with Crippen molar-refractivity contribution in [1.82, 2.24) is 9.78 Å². The van der Waals surface area contributed by atoms with Crippen LogP contribution in [0.3, 0.4) is 0 Å². The smallest absolute Gasteiger partial charge is 0.126 e. The van der Waals surface area contributed by atoms with E-state index in [4.69, 9.17) is 4.74 Å². The third-order valence-electron chi connectivity index (χ3n) is 3.06. The van der Waals surface area contributed by atoms with Gasteiger partial charge in [0, 0.05) is 23.4 Å². The molecule has 0 aliphatic carbocycles. The molecule has 3 nitrogen and oxygen atoms in total. The largest absolute Gasteiger partial charge is 0.496 e. The van der Waals surface area contributed by atoms with Crippen LogP contribution in [-0.4, -0.2) is 16.9 Å². The Morgan fingerprint density at radius 1 is 1.24 bits per heavy atom. The molecule has 0 saturated heterocycles. The van der Waals surface area contributed by atoms with Crippen LogP contribution in [0.5, 0.6) is 5.75 Å². The van der Waals surface area contributed by atoms with Crippen LogP contribution in [0.25, 0.3) is 11.1 Å². The summed E-state index contributed by atoms with van der Waals surface area (Å²) in [6, 6.07) is 8.07. The van der Waals surface area contributed by atoms with Crippen molar-refractivity contribution in [2.45, 2.75) is 27.3 Å². The first-order valence-electron chi connectivity index (χ1n) is 5.86. The molecular weight excluding hydrogens is 212 g/mol. The molecule has 0 bridgehead atoms. The van der Waals surface area contributed by atoms with Crippen molar-refractivity contribution >= 4 is 0 Å². The summed E-state index contributed by atoms with van der Waals surface area (Å²) in [6.45, 7) is 7.14. The maximum atomic E-state index is 5.42. The molecular formula is C14H18N2O.